The number of halogens is 1. The lowest BCUT2D eigenvalue weighted by Gasteiger charge is -2.20. The lowest BCUT2D eigenvalue weighted by atomic mass is 9.97. The Kier molecular flexibility index (Phi) is 5.80. The number of rotatable bonds is 1. The van der Waals surface area contributed by atoms with Crippen LogP contribution in [0.25, 0.3) is 4.85 Å². The van der Waals surface area contributed by atoms with Gasteiger partial charge in [-0.3, -0.25) is 0 Å². The van der Waals surface area contributed by atoms with Gasteiger partial charge >= 0.3 is 0 Å². The number of aromatic nitrogens is 2. The molecule has 7 nitrogen and oxygen atoms in total. The molecule has 4 bridgehead atoms. The Morgan fingerprint density at radius 2 is 2.00 bits per heavy atom. The SMILES string of the molecule is [C-]#[N+]c1ccc2cc1OCCN(C)CCNc1nc(nc3c1CCC3c1ccc(F)cc1)N2. The van der Waals surface area contributed by atoms with Crippen molar-refractivity contribution >= 4 is 23.1 Å². The molecule has 1 aliphatic carbocycles. The zero-order valence-electron chi connectivity index (χ0n) is 18.4. The lowest BCUT2D eigenvalue weighted by Crippen LogP contribution is -2.29. The minimum Gasteiger partial charge on any atom is -0.503 e. The zero-order valence-corrected chi connectivity index (χ0v) is 18.4. The summed E-state index contributed by atoms with van der Waals surface area (Å²) < 4.78 is 19.4. The van der Waals surface area contributed by atoms with Crippen LogP contribution in [-0.4, -0.2) is 48.2 Å². The molecule has 1 unspecified atom stereocenters. The quantitative estimate of drug-likeness (QED) is 0.530. The largest absolute Gasteiger partial charge is 0.503 e. The fourth-order valence-corrected chi connectivity index (χ4v) is 4.40. The van der Waals surface area contributed by atoms with Gasteiger partial charge in [0.25, 0.3) is 0 Å². The van der Waals surface area contributed by atoms with Crippen LogP contribution in [0.2, 0.25) is 0 Å². The standard InChI is InChI=1S/C25H25FN6O/c1-27-21-10-7-18-15-22(21)33-14-13-32(2)12-11-28-24-20-9-8-19(16-3-5-17(26)6-4-16)23(20)30-25(29-18)31-24/h3-7,10,15,19H,8-9,11-14H2,2H3,(H2,28,29,30,31). The van der Waals surface area contributed by atoms with E-state index in [2.05, 4.69) is 20.4 Å². The highest BCUT2D eigenvalue weighted by molar-refractivity contribution is 5.68. The molecule has 2 aromatic carbocycles. The molecule has 168 valence electrons. The van der Waals surface area contributed by atoms with E-state index >= 15 is 0 Å². The van der Waals surface area contributed by atoms with E-state index in [9.17, 15) is 4.39 Å². The second-order valence-corrected chi connectivity index (χ2v) is 8.40. The molecular weight excluding hydrogens is 419 g/mol. The first-order valence-electron chi connectivity index (χ1n) is 11.1. The number of hydrogen-bond donors (Lipinski definition) is 2. The fourth-order valence-electron chi connectivity index (χ4n) is 4.40. The zero-order chi connectivity index (χ0) is 22.8. The Labute approximate surface area is 192 Å². The van der Waals surface area contributed by atoms with Gasteiger partial charge in [0.2, 0.25) is 11.6 Å². The monoisotopic (exact) mass is 444 g/mol. The predicted octanol–water partition coefficient (Wildman–Crippen LogP) is 4.72. The third-order valence-corrected chi connectivity index (χ3v) is 6.18. The maximum atomic E-state index is 13.5. The summed E-state index contributed by atoms with van der Waals surface area (Å²) >= 11 is 0. The van der Waals surface area contributed by atoms with Gasteiger partial charge in [-0.15, -0.1) is 0 Å². The average molecular weight is 445 g/mol. The van der Waals surface area contributed by atoms with Gasteiger partial charge in [-0.05, 0) is 49.7 Å². The van der Waals surface area contributed by atoms with Crippen molar-refractivity contribution in [3.8, 4) is 5.75 Å². The number of ether oxygens (including phenoxy) is 1. The van der Waals surface area contributed by atoms with E-state index in [1.807, 2.05) is 31.3 Å². The van der Waals surface area contributed by atoms with Gasteiger partial charge in [-0.2, -0.15) is 4.98 Å². The molecule has 0 saturated heterocycles. The number of likely N-dealkylation sites (N-methyl/N-ethyl adjacent to an activating group) is 1. The van der Waals surface area contributed by atoms with Crippen molar-refractivity contribution in [2.75, 3.05) is 43.9 Å². The molecule has 3 aromatic rings. The summed E-state index contributed by atoms with van der Waals surface area (Å²) in [4.78, 5) is 15.4. The first-order valence-corrected chi connectivity index (χ1v) is 11.1. The molecule has 8 heteroatoms. The van der Waals surface area contributed by atoms with Gasteiger partial charge in [-0.25, -0.2) is 14.2 Å². The minimum absolute atomic E-state index is 0.0923. The molecule has 1 aliphatic heterocycles. The molecule has 0 spiro atoms. The average Bonchev–Trinajstić information content (AvgIpc) is 3.23. The molecule has 0 amide bonds. The molecule has 33 heavy (non-hydrogen) atoms. The Bertz CT molecular complexity index is 1210. The maximum Gasteiger partial charge on any atom is 0.229 e. The van der Waals surface area contributed by atoms with Crippen LogP contribution in [0.1, 0.15) is 29.2 Å². The van der Waals surface area contributed by atoms with Crippen molar-refractivity contribution in [3.05, 3.63) is 76.5 Å². The lowest BCUT2D eigenvalue weighted by molar-refractivity contribution is 0.243. The highest BCUT2D eigenvalue weighted by Crippen LogP contribution is 2.41. The second-order valence-electron chi connectivity index (χ2n) is 8.40. The van der Waals surface area contributed by atoms with Crippen molar-refractivity contribution < 1.29 is 9.13 Å². The molecule has 1 atom stereocenters. The summed E-state index contributed by atoms with van der Waals surface area (Å²) in [5.74, 6) is 1.72. The Balaban J connectivity index is 1.55. The topological polar surface area (TPSA) is 66.7 Å². The van der Waals surface area contributed by atoms with Crippen LogP contribution in [0.3, 0.4) is 0 Å². The number of benzene rings is 2. The van der Waals surface area contributed by atoms with E-state index in [1.165, 1.54) is 12.1 Å². The summed E-state index contributed by atoms with van der Waals surface area (Å²) in [6, 6.07) is 12.1. The number of nitrogens with one attached hydrogen (secondary N) is 2. The van der Waals surface area contributed by atoms with Crippen molar-refractivity contribution in [3.63, 3.8) is 0 Å². The summed E-state index contributed by atoms with van der Waals surface area (Å²) in [5.41, 5.74) is 4.37. The summed E-state index contributed by atoms with van der Waals surface area (Å²) in [6.45, 7) is 10.2. The van der Waals surface area contributed by atoms with Crippen molar-refractivity contribution in [1.29, 1.82) is 0 Å². The molecule has 1 aromatic heterocycles. The molecule has 2 aliphatic rings. The van der Waals surface area contributed by atoms with E-state index in [0.717, 1.165) is 60.8 Å². The Morgan fingerprint density at radius 1 is 1.15 bits per heavy atom. The van der Waals surface area contributed by atoms with Gasteiger partial charge in [0.15, 0.2) is 0 Å². The van der Waals surface area contributed by atoms with Gasteiger partial charge in [-0.1, -0.05) is 18.2 Å². The van der Waals surface area contributed by atoms with Crippen LogP contribution in [0.15, 0.2) is 42.5 Å². The number of fused-ring (bicyclic) bond motifs is 6. The molecule has 2 heterocycles. The van der Waals surface area contributed by atoms with Gasteiger partial charge in [0.05, 0.1) is 18.9 Å². The summed E-state index contributed by atoms with van der Waals surface area (Å²) in [5, 5.41) is 6.79. The molecule has 0 fully saturated rings. The van der Waals surface area contributed by atoms with Crippen molar-refractivity contribution in [1.82, 2.24) is 14.9 Å². The first-order chi connectivity index (χ1) is 16.1. The van der Waals surface area contributed by atoms with Gasteiger partial charge in [0.1, 0.15) is 17.4 Å². The van der Waals surface area contributed by atoms with E-state index in [-0.39, 0.29) is 11.7 Å². The highest BCUT2D eigenvalue weighted by Gasteiger charge is 2.29. The van der Waals surface area contributed by atoms with Crippen LogP contribution in [0.4, 0.5) is 27.5 Å². The number of hydrogen-bond acceptors (Lipinski definition) is 6. The molecular formula is C25H25FN6O. The Morgan fingerprint density at radius 3 is 2.82 bits per heavy atom. The van der Waals surface area contributed by atoms with Crippen LogP contribution >= 0.6 is 0 Å². The van der Waals surface area contributed by atoms with E-state index < -0.39 is 0 Å². The summed E-state index contributed by atoms with van der Waals surface area (Å²) in [6.07, 6.45) is 1.78. The minimum atomic E-state index is -0.240. The molecule has 0 radical (unpaired) electrons. The van der Waals surface area contributed by atoms with Crippen LogP contribution < -0.4 is 15.4 Å². The maximum absolute atomic E-state index is 13.5. The molecule has 0 saturated carbocycles. The van der Waals surface area contributed by atoms with Gasteiger partial charge < -0.3 is 20.3 Å². The van der Waals surface area contributed by atoms with Crippen LogP contribution in [-0.2, 0) is 6.42 Å². The number of anilines is 3. The number of nitrogens with zero attached hydrogens (tertiary/aromatic N) is 4. The highest BCUT2D eigenvalue weighted by atomic mass is 19.1. The van der Waals surface area contributed by atoms with Crippen LogP contribution in [0.5, 0.6) is 5.75 Å². The Hall–Kier alpha value is -3.70. The third-order valence-electron chi connectivity index (χ3n) is 6.18. The predicted molar refractivity (Wildman–Crippen MR) is 126 cm³/mol. The van der Waals surface area contributed by atoms with Crippen LogP contribution in [0, 0.1) is 12.4 Å². The van der Waals surface area contributed by atoms with E-state index in [1.54, 1.807) is 6.07 Å². The third kappa shape index (κ3) is 4.45. The van der Waals surface area contributed by atoms with E-state index in [0.29, 0.717) is 24.0 Å². The summed E-state index contributed by atoms with van der Waals surface area (Å²) in [7, 11) is 2.05. The molecule has 5 rings (SSSR count). The normalized spacial score (nSPS) is 18.2. The van der Waals surface area contributed by atoms with Crippen molar-refractivity contribution in [2.24, 2.45) is 0 Å². The second kappa shape index (κ2) is 9.04. The van der Waals surface area contributed by atoms with E-state index in [4.69, 9.17) is 21.3 Å². The van der Waals surface area contributed by atoms with Gasteiger partial charge in [0, 0.05) is 36.8 Å². The molecule has 2 N–H and O–H groups in total. The smallest absolute Gasteiger partial charge is 0.229 e. The van der Waals surface area contributed by atoms with Crippen molar-refractivity contribution in [2.45, 2.75) is 18.8 Å². The fraction of sp³-hybridized carbons (Fsp3) is 0.320. The first kappa shape index (κ1) is 21.2.